The Hall–Kier alpha value is -2.66. The van der Waals surface area contributed by atoms with Gasteiger partial charge in [-0.1, -0.05) is 17.7 Å². The lowest BCUT2D eigenvalue weighted by molar-refractivity contribution is 0.434. The fraction of sp³-hybridized carbons (Fsp3) is 0.0952. The number of pyridine rings is 1. The second-order valence-electron chi connectivity index (χ2n) is 6.38. The molecule has 0 saturated heterocycles. The molecule has 9 heteroatoms. The summed E-state index contributed by atoms with van der Waals surface area (Å²) in [5.41, 5.74) is 1.82. The van der Waals surface area contributed by atoms with E-state index in [0.29, 0.717) is 32.0 Å². The first kappa shape index (κ1) is 20.6. The number of nitrogens with zero attached hydrogens (tertiary/aromatic N) is 3. The second-order valence-corrected chi connectivity index (χ2v) is 7.98. The molecule has 0 radical (unpaired) electrons. The minimum atomic E-state index is -0.589. The highest BCUT2D eigenvalue weighted by atomic mass is 79.9. The SMILES string of the molecule is N#Cc1cc(Cl)cc(Oc2c(Br)ccc(C(CCl)c3n[nH]c4ncccc34)c2F)c1. The van der Waals surface area contributed by atoms with Crippen LogP contribution in [0.25, 0.3) is 11.0 Å². The predicted molar refractivity (Wildman–Crippen MR) is 117 cm³/mol. The molecule has 2 aromatic carbocycles. The Labute approximate surface area is 189 Å². The number of ether oxygens (including phenoxy) is 1. The number of fused-ring (bicyclic) bond motifs is 1. The quantitative estimate of drug-likeness (QED) is 0.312. The second kappa shape index (κ2) is 8.60. The van der Waals surface area contributed by atoms with Crippen LogP contribution >= 0.6 is 39.1 Å². The zero-order valence-corrected chi connectivity index (χ0v) is 18.3. The number of rotatable bonds is 5. The molecule has 5 nitrogen and oxygen atoms in total. The van der Waals surface area contributed by atoms with Crippen LogP contribution in [0.5, 0.6) is 11.5 Å². The lowest BCUT2D eigenvalue weighted by Gasteiger charge is -2.17. The Morgan fingerprint density at radius 1 is 1.27 bits per heavy atom. The van der Waals surface area contributed by atoms with E-state index in [1.54, 1.807) is 24.4 Å². The largest absolute Gasteiger partial charge is 0.453 e. The number of nitriles is 1. The van der Waals surface area contributed by atoms with E-state index in [9.17, 15) is 0 Å². The van der Waals surface area contributed by atoms with E-state index in [1.807, 2.05) is 12.1 Å². The zero-order valence-electron chi connectivity index (χ0n) is 15.2. The molecule has 0 spiro atoms. The lowest BCUT2D eigenvalue weighted by Crippen LogP contribution is -2.08. The van der Waals surface area contributed by atoms with Crippen LogP contribution in [0.2, 0.25) is 5.02 Å². The number of alkyl halides is 1. The predicted octanol–water partition coefficient (Wildman–Crippen LogP) is 6.55. The summed E-state index contributed by atoms with van der Waals surface area (Å²) in [6.07, 6.45) is 1.65. The summed E-state index contributed by atoms with van der Waals surface area (Å²) in [6.45, 7) is 0. The first-order valence-corrected chi connectivity index (χ1v) is 10.4. The Morgan fingerprint density at radius 3 is 2.87 bits per heavy atom. The number of aromatic nitrogens is 3. The molecule has 30 heavy (non-hydrogen) atoms. The number of nitrogens with one attached hydrogen (secondary N) is 1. The van der Waals surface area contributed by atoms with Crippen molar-refractivity contribution in [2.45, 2.75) is 5.92 Å². The Balaban J connectivity index is 1.79. The molecule has 0 aliphatic rings. The third-order valence-electron chi connectivity index (χ3n) is 4.52. The van der Waals surface area contributed by atoms with Gasteiger partial charge in [0.15, 0.2) is 17.2 Å². The summed E-state index contributed by atoms with van der Waals surface area (Å²) in [4.78, 5) is 4.22. The highest BCUT2D eigenvalue weighted by Gasteiger charge is 2.26. The fourth-order valence-electron chi connectivity index (χ4n) is 3.16. The van der Waals surface area contributed by atoms with Crippen molar-refractivity contribution in [2.75, 3.05) is 5.88 Å². The van der Waals surface area contributed by atoms with E-state index >= 15 is 4.39 Å². The Morgan fingerprint density at radius 2 is 2.10 bits per heavy atom. The van der Waals surface area contributed by atoms with E-state index in [2.05, 4.69) is 31.1 Å². The van der Waals surface area contributed by atoms with Crippen molar-refractivity contribution < 1.29 is 9.13 Å². The Bertz CT molecular complexity index is 1290. The van der Waals surface area contributed by atoms with Gasteiger partial charge in [0, 0.05) is 34.0 Å². The van der Waals surface area contributed by atoms with Gasteiger partial charge in [-0.25, -0.2) is 9.37 Å². The molecule has 0 aliphatic heterocycles. The summed E-state index contributed by atoms with van der Waals surface area (Å²) in [5, 5.41) is 17.4. The van der Waals surface area contributed by atoms with Crippen molar-refractivity contribution in [3.63, 3.8) is 0 Å². The van der Waals surface area contributed by atoms with Crippen molar-refractivity contribution in [2.24, 2.45) is 0 Å². The van der Waals surface area contributed by atoms with Crippen LogP contribution in [0, 0.1) is 17.1 Å². The summed E-state index contributed by atoms with van der Waals surface area (Å²) in [7, 11) is 0. The van der Waals surface area contributed by atoms with Gasteiger partial charge in [0.25, 0.3) is 0 Å². The van der Waals surface area contributed by atoms with E-state index in [4.69, 9.17) is 33.2 Å². The average molecular weight is 506 g/mol. The molecule has 1 unspecified atom stereocenters. The average Bonchev–Trinajstić information content (AvgIpc) is 3.17. The number of benzene rings is 2. The van der Waals surface area contributed by atoms with Gasteiger partial charge in [0.1, 0.15) is 5.75 Å². The minimum absolute atomic E-state index is 0.0354. The molecule has 0 aliphatic carbocycles. The van der Waals surface area contributed by atoms with Gasteiger partial charge in [0.2, 0.25) is 0 Å². The van der Waals surface area contributed by atoms with Crippen LogP contribution in [-0.2, 0) is 0 Å². The van der Waals surface area contributed by atoms with Crippen LogP contribution in [0.4, 0.5) is 4.39 Å². The van der Waals surface area contributed by atoms with E-state index < -0.39 is 11.7 Å². The van der Waals surface area contributed by atoms with E-state index in [0.717, 1.165) is 5.39 Å². The number of H-pyrrole nitrogens is 1. The van der Waals surface area contributed by atoms with Crippen molar-refractivity contribution in [1.29, 1.82) is 5.26 Å². The molecule has 0 fully saturated rings. The molecular formula is C21H12BrCl2FN4O. The maximum Gasteiger partial charge on any atom is 0.177 e. The molecule has 1 N–H and O–H groups in total. The molecular weight excluding hydrogens is 494 g/mol. The summed E-state index contributed by atoms with van der Waals surface area (Å²) in [6, 6.07) is 13.4. The third-order valence-corrected chi connectivity index (χ3v) is 5.68. The van der Waals surface area contributed by atoms with E-state index in [-0.39, 0.29) is 17.4 Å². The molecule has 0 bridgehead atoms. The molecule has 0 amide bonds. The van der Waals surface area contributed by atoms with Crippen molar-refractivity contribution in [3.8, 4) is 17.6 Å². The molecule has 1 atom stereocenters. The molecule has 4 rings (SSSR count). The smallest absolute Gasteiger partial charge is 0.177 e. The van der Waals surface area contributed by atoms with Crippen LogP contribution in [0.3, 0.4) is 0 Å². The highest BCUT2D eigenvalue weighted by molar-refractivity contribution is 9.10. The van der Waals surface area contributed by atoms with Gasteiger partial charge >= 0.3 is 0 Å². The van der Waals surface area contributed by atoms with Crippen molar-refractivity contribution in [3.05, 3.63) is 80.8 Å². The van der Waals surface area contributed by atoms with Crippen LogP contribution in [-0.4, -0.2) is 21.1 Å². The monoisotopic (exact) mass is 504 g/mol. The topological polar surface area (TPSA) is 74.6 Å². The van der Waals surface area contributed by atoms with Gasteiger partial charge < -0.3 is 4.74 Å². The number of hydrogen-bond acceptors (Lipinski definition) is 4. The van der Waals surface area contributed by atoms with Crippen molar-refractivity contribution in [1.82, 2.24) is 15.2 Å². The van der Waals surface area contributed by atoms with Crippen molar-refractivity contribution >= 4 is 50.2 Å². The molecule has 150 valence electrons. The first-order chi connectivity index (χ1) is 14.5. The standard InChI is InChI=1S/C21H12BrCl2FN4O/c22-17-4-3-14(16(9-23)19-15-2-1-5-27-21(15)29-28-19)18(25)20(17)30-13-7-11(10-26)6-12(24)8-13/h1-8,16H,9H2,(H,27,28,29). The van der Waals surface area contributed by atoms with Gasteiger partial charge in [-0.05, 0) is 52.3 Å². The minimum Gasteiger partial charge on any atom is -0.453 e. The Kier molecular flexibility index (Phi) is 5.91. The highest BCUT2D eigenvalue weighted by Crippen LogP contribution is 2.40. The maximum absolute atomic E-state index is 15.6. The summed E-state index contributed by atoms with van der Waals surface area (Å²) >= 11 is 15.6. The van der Waals surface area contributed by atoms with E-state index in [1.165, 1.54) is 18.2 Å². The van der Waals surface area contributed by atoms with Crippen LogP contribution < -0.4 is 4.74 Å². The number of aromatic amines is 1. The normalized spacial score (nSPS) is 12.0. The van der Waals surface area contributed by atoms with Gasteiger partial charge in [-0.15, -0.1) is 11.6 Å². The van der Waals surface area contributed by atoms with Gasteiger partial charge in [-0.2, -0.15) is 10.4 Å². The fourth-order valence-corrected chi connectivity index (χ4v) is 4.08. The zero-order chi connectivity index (χ0) is 21.3. The lowest BCUT2D eigenvalue weighted by atomic mass is 9.95. The number of hydrogen-bond donors (Lipinski definition) is 1. The number of halogens is 4. The molecule has 2 heterocycles. The molecule has 0 saturated carbocycles. The van der Waals surface area contributed by atoms with Crippen LogP contribution in [0.1, 0.15) is 22.7 Å². The summed E-state index contributed by atoms with van der Waals surface area (Å²) < 4.78 is 21.7. The van der Waals surface area contributed by atoms with Crippen LogP contribution in [0.15, 0.2) is 53.1 Å². The van der Waals surface area contributed by atoms with Gasteiger partial charge in [0.05, 0.1) is 21.8 Å². The first-order valence-electron chi connectivity index (χ1n) is 8.73. The molecule has 4 aromatic rings. The summed E-state index contributed by atoms with van der Waals surface area (Å²) in [5.74, 6) is -0.815. The maximum atomic E-state index is 15.6. The molecule has 2 aromatic heterocycles. The third kappa shape index (κ3) is 3.86. The van der Waals surface area contributed by atoms with Gasteiger partial charge in [-0.3, -0.25) is 5.10 Å².